The summed E-state index contributed by atoms with van der Waals surface area (Å²) in [5.41, 5.74) is 1.35. The Kier molecular flexibility index (Phi) is 4.67. The van der Waals surface area contributed by atoms with Crippen LogP contribution in [0.2, 0.25) is 0 Å². The second-order valence-corrected chi connectivity index (χ2v) is 7.16. The quantitative estimate of drug-likeness (QED) is 0.831. The Hall–Kier alpha value is -0.830. The van der Waals surface area contributed by atoms with Crippen molar-refractivity contribution in [2.75, 3.05) is 6.54 Å². The molecule has 1 aromatic rings. The molecule has 19 heavy (non-hydrogen) atoms. The lowest BCUT2D eigenvalue weighted by molar-refractivity contribution is -0.127. The first-order chi connectivity index (χ1) is 9.00. The van der Waals surface area contributed by atoms with E-state index in [0.717, 1.165) is 12.8 Å². The summed E-state index contributed by atoms with van der Waals surface area (Å²) in [5, 5.41) is 3.09. The number of carbonyl (C=O) groups is 1. The number of nitrogens with one attached hydrogen (secondary N) is 1. The molecule has 2 rings (SSSR count). The SMILES string of the molecule is CC1(C)CCCC1C(=O)NCC(Br)c1ccccc1. The topological polar surface area (TPSA) is 29.1 Å². The van der Waals surface area contributed by atoms with Crippen molar-refractivity contribution in [1.29, 1.82) is 0 Å². The molecule has 0 bridgehead atoms. The van der Waals surface area contributed by atoms with Gasteiger partial charge in [-0.05, 0) is 23.8 Å². The summed E-state index contributed by atoms with van der Waals surface area (Å²) < 4.78 is 0. The number of carbonyl (C=O) groups excluding carboxylic acids is 1. The van der Waals surface area contributed by atoms with E-state index in [1.54, 1.807) is 0 Å². The van der Waals surface area contributed by atoms with Gasteiger partial charge in [0, 0.05) is 12.5 Å². The number of hydrogen-bond acceptors (Lipinski definition) is 1. The van der Waals surface area contributed by atoms with Crippen LogP contribution in [0.3, 0.4) is 0 Å². The maximum Gasteiger partial charge on any atom is 0.223 e. The van der Waals surface area contributed by atoms with E-state index in [0.29, 0.717) is 6.54 Å². The number of amides is 1. The van der Waals surface area contributed by atoms with Gasteiger partial charge in [-0.1, -0.05) is 66.5 Å². The van der Waals surface area contributed by atoms with E-state index in [9.17, 15) is 4.79 Å². The van der Waals surface area contributed by atoms with E-state index in [4.69, 9.17) is 0 Å². The van der Waals surface area contributed by atoms with Crippen molar-refractivity contribution in [2.24, 2.45) is 11.3 Å². The summed E-state index contributed by atoms with van der Waals surface area (Å²) in [6, 6.07) is 10.2. The predicted molar refractivity (Wildman–Crippen MR) is 82.2 cm³/mol. The molecular weight excluding hydrogens is 302 g/mol. The molecule has 1 amide bonds. The molecular formula is C16H22BrNO. The number of hydrogen-bond donors (Lipinski definition) is 1. The average molecular weight is 324 g/mol. The maximum atomic E-state index is 12.3. The summed E-state index contributed by atoms with van der Waals surface area (Å²) in [4.78, 5) is 12.4. The van der Waals surface area contributed by atoms with Crippen molar-refractivity contribution >= 4 is 21.8 Å². The average Bonchev–Trinajstić information content (AvgIpc) is 2.76. The zero-order chi connectivity index (χ0) is 13.9. The Morgan fingerprint density at radius 1 is 1.42 bits per heavy atom. The predicted octanol–water partition coefficient (Wildman–Crippen LogP) is 4.07. The summed E-state index contributed by atoms with van der Waals surface area (Å²) in [5.74, 6) is 0.380. The third kappa shape index (κ3) is 3.59. The van der Waals surface area contributed by atoms with Gasteiger partial charge in [0.15, 0.2) is 0 Å². The van der Waals surface area contributed by atoms with Gasteiger partial charge in [-0.2, -0.15) is 0 Å². The van der Waals surface area contributed by atoms with Crippen LogP contribution in [0.1, 0.15) is 43.5 Å². The van der Waals surface area contributed by atoms with Crippen LogP contribution in [0.15, 0.2) is 30.3 Å². The van der Waals surface area contributed by atoms with Gasteiger partial charge < -0.3 is 5.32 Å². The van der Waals surface area contributed by atoms with Gasteiger partial charge in [0.1, 0.15) is 0 Å². The zero-order valence-corrected chi connectivity index (χ0v) is 13.2. The van der Waals surface area contributed by atoms with Gasteiger partial charge in [-0.3, -0.25) is 4.79 Å². The molecule has 0 aliphatic heterocycles. The highest BCUT2D eigenvalue weighted by Gasteiger charge is 2.39. The lowest BCUT2D eigenvalue weighted by Gasteiger charge is -2.26. The Bertz CT molecular complexity index is 430. The summed E-state index contributed by atoms with van der Waals surface area (Å²) >= 11 is 3.64. The van der Waals surface area contributed by atoms with Crippen LogP contribution >= 0.6 is 15.9 Å². The molecule has 0 saturated heterocycles. The van der Waals surface area contributed by atoms with E-state index >= 15 is 0 Å². The molecule has 1 aromatic carbocycles. The van der Waals surface area contributed by atoms with Crippen molar-refractivity contribution < 1.29 is 4.79 Å². The first-order valence-electron chi connectivity index (χ1n) is 6.97. The summed E-state index contributed by atoms with van der Waals surface area (Å²) in [6.45, 7) is 5.05. The molecule has 1 N–H and O–H groups in total. The number of halogens is 1. The van der Waals surface area contributed by atoms with Gasteiger partial charge in [-0.15, -0.1) is 0 Å². The number of benzene rings is 1. The van der Waals surface area contributed by atoms with Crippen molar-refractivity contribution in [2.45, 2.75) is 37.9 Å². The molecule has 1 saturated carbocycles. The van der Waals surface area contributed by atoms with Crippen molar-refractivity contribution in [3.05, 3.63) is 35.9 Å². The second-order valence-electron chi connectivity index (χ2n) is 6.06. The molecule has 0 radical (unpaired) electrons. The monoisotopic (exact) mass is 323 g/mol. The molecule has 0 heterocycles. The minimum Gasteiger partial charge on any atom is -0.354 e. The highest BCUT2D eigenvalue weighted by atomic mass is 79.9. The van der Waals surface area contributed by atoms with Crippen LogP contribution in [0.25, 0.3) is 0 Å². The van der Waals surface area contributed by atoms with Crippen molar-refractivity contribution in [3.8, 4) is 0 Å². The van der Waals surface area contributed by atoms with E-state index in [-0.39, 0.29) is 22.1 Å². The molecule has 1 fully saturated rings. The molecule has 0 aromatic heterocycles. The second kappa shape index (κ2) is 6.08. The number of alkyl halides is 1. The Morgan fingerprint density at radius 3 is 2.68 bits per heavy atom. The minimum absolute atomic E-state index is 0.151. The van der Waals surface area contributed by atoms with Crippen LogP contribution < -0.4 is 5.32 Å². The van der Waals surface area contributed by atoms with E-state index in [2.05, 4.69) is 47.2 Å². The molecule has 2 unspecified atom stereocenters. The van der Waals surface area contributed by atoms with E-state index in [1.165, 1.54) is 12.0 Å². The van der Waals surface area contributed by atoms with Gasteiger partial charge in [-0.25, -0.2) is 0 Å². The molecule has 104 valence electrons. The minimum atomic E-state index is 0.151. The lowest BCUT2D eigenvalue weighted by atomic mass is 9.81. The fraction of sp³-hybridized carbons (Fsp3) is 0.562. The third-order valence-electron chi connectivity index (χ3n) is 4.19. The van der Waals surface area contributed by atoms with Crippen LogP contribution in [0.4, 0.5) is 0 Å². The lowest BCUT2D eigenvalue weighted by Crippen LogP contribution is -2.37. The smallest absolute Gasteiger partial charge is 0.223 e. The van der Waals surface area contributed by atoms with Crippen molar-refractivity contribution in [1.82, 2.24) is 5.32 Å². The molecule has 1 aliphatic rings. The van der Waals surface area contributed by atoms with Crippen molar-refractivity contribution in [3.63, 3.8) is 0 Å². The van der Waals surface area contributed by atoms with E-state index in [1.807, 2.05) is 18.2 Å². The first-order valence-corrected chi connectivity index (χ1v) is 7.89. The molecule has 3 heteroatoms. The zero-order valence-electron chi connectivity index (χ0n) is 11.7. The van der Waals surface area contributed by atoms with Gasteiger partial charge in [0.25, 0.3) is 0 Å². The fourth-order valence-corrected chi connectivity index (χ4v) is 3.37. The Labute approximate surface area is 124 Å². The molecule has 1 aliphatic carbocycles. The van der Waals surface area contributed by atoms with Crippen LogP contribution in [0, 0.1) is 11.3 Å². The third-order valence-corrected chi connectivity index (χ3v) is 5.04. The van der Waals surface area contributed by atoms with Gasteiger partial charge in [0.05, 0.1) is 4.83 Å². The van der Waals surface area contributed by atoms with Gasteiger partial charge >= 0.3 is 0 Å². The number of rotatable bonds is 4. The van der Waals surface area contributed by atoms with E-state index < -0.39 is 0 Å². The first kappa shape index (κ1) is 14.6. The highest BCUT2D eigenvalue weighted by molar-refractivity contribution is 9.09. The van der Waals surface area contributed by atoms with Crippen LogP contribution in [0.5, 0.6) is 0 Å². The summed E-state index contributed by atoms with van der Waals surface area (Å²) in [6.07, 6.45) is 3.35. The molecule has 0 spiro atoms. The largest absolute Gasteiger partial charge is 0.354 e. The maximum absolute atomic E-state index is 12.3. The highest BCUT2D eigenvalue weighted by Crippen LogP contribution is 2.42. The summed E-state index contributed by atoms with van der Waals surface area (Å²) in [7, 11) is 0. The normalized spacial score (nSPS) is 23.0. The molecule has 2 nitrogen and oxygen atoms in total. The van der Waals surface area contributed by atoms with Crippen LogP contribution in [-0.2, 0) is 4.79 Å². The van der Waals surface area contributed by atoms with Crippen LogP contribution in [-0.4, -0.2) is 12.5 Å². The Morgan fingerprint density at radius 2 is 2.11 bits per heavy atom. The standard InChI is InChI=1S/C16H22BrNO/c1-16(2)10-6-9-13(16)15(19)18-11-14(17)12-7-4-3-5-8-12/h3-5,7-8,13-14H,6,9-11H2,1-2H3,(H,18,19). The Balaban J connectivity index is 1.87. The fourth-order valence-electron chi connectivity index (χ4n) is 2.91. The molecule has 2 atom stereocenters. The van der Waals surface area contributed by atoms with Gasteiger partial charge in [0.2, 0.25) is 5.91 Å².